The topological polar surface area (TPSA) is 51.2 Å². The molecule has 0 aliphatic rings. The molecule has 4 nitrogen and oxygen atoms in total. The lowest BCUT2D eigenvalue weighted by Gasteiger charge is -2.10. The van der Waals surface area contributed by atoms with Gasteiger partial charge >= 0.3 is 6.18 Å². The summed E-state index contributed by atoms with van der Waals surface area (Å²) >= 11 is 5.91. The largest absolute Gasteiger partial charge is 0.484 e. The first-order chi connectivity index (χ1) is 10.8. The van der Waals surface area contributed by atoms with Gasteiger partial charge in [0.15, 0.2) is 6.61 Å². The zero-order valence-corrected chi connectivity index (χ0v) is 13.4. The van der Waals surface area contributed by atoms with Crippen LogP contribution in [0.3, 0.4) is 0 Å². The van der Waals surface area contributed by atoms with Gasteiger partial charge in [0.05, 0.1) is 10.6 Å². The molecular weight excluding hydrogens is 353 g/mol. The van der Waals surface area contributed by atoms with E-state index in [1.165, 1.54) is 25.2 Å². The Bertz CT molecular complexity index is 708. The lowest BCUT2D eigenvalue weighted by atomic mass is 10.1. The molecule has 1 N–H and O–H groups in total. The summed E-state index contributed by atoms with van der Waals surface area (Å²) in [5, 5.41) is 0.165. The quantitative estimate of drug-likeness (QED) is 0.825. The minimum Gasteiger partial charge on any atom is -0.484 e. The van der Waals surface area contributed by atoms with Crippen molar-refractivity contribution in [3.05, 3.63) is 41.6 Å². The highest BCUT2D eigenvalue weighted by Crippen LogP contribution is 2.25. The fraction of sp³-hybridized carbons (Fsp3) is 0.214. The van der Waals surface area contributed by atoms with Crippen LogP contribution in [0.4, 0.5) is 13.2 Å². The zero-order valence-electron chi connectivity index (χ0n) is 11.9. The van der Waals surface area contributed by atoms with Crippen LogP contribution in [-0.4, -0.2) is 29.0 Å². The molecule has 2 rings (SSSR count). The van der Waals surface area contributed by atoms with Crippen LogP contribution in [0.2, 0.25) is 5.15 Å². The third kappa shape index (κ3) is 5.19. The molecule has 1 heterocycles. The summed E-state index contributed by atoms with van der Waals surface area (Å²) in [6, 6.07) is 8.96. The van der Waals surface area contributed by atoms with Crippen molar-refractivity contribution in [3.63, 3.8) is 0 Å². The van der Waals surface area contributed by atoms with E-state index < -0.39 is 23.8 Å². The van der Waals surface area contributed by atoms with Crippen LogP contribution in [0, 0.1) is 0 Å². The Morgan fingerprint density at radius 1 is 1.26 bits per heavy atom. The normalized spacial score (nSPS) is 12.9. The number of rotatable bonds is 5. The van der Waals surface area contributed by atoms with E-state index in [-0.39, 0.29) is 10.9 Å². The number of hydrogen-bond acceptors (Lipinski definition) is 3. The van der Waals surface area contributed by atoms with Gasteiger partial charge in [0.1, 0.15) is 21.9 Å². The highest BCUT2D eigenvalue weighted by molar-refractivity contribution is 7.83. The summed E-state index contributed by atoms with van der Waals surface area (Å²) in [5.74, 6) is 0.0899. The van der Waals surface area contributed by atoms with E-state index in [1.807, 2.05) is 0 Å². The molecule has 0 saturated carbocycles. The summed E-state index contributed by atoms with van der Waals surface area (Å²) in [4.78, 5) is 4.56. The van der Waals surface area contributed by atoms with E-state index in [4.69, 9.17) is 11.6 Å². The third-order valence-corrected chi connectivity index (χ3v) is 3.95. The van der Waals surface area contributed by atoms with Crippen LogP contribution >= 0.6 is 11.6 Å². The molecule has 1 aromatic heterocycles. The van der Waals surface area contributed by atoms with Crippen molar-refractivity contribution in [1.82, 2.24) is 9.71 Å². The van der Waals surface area contributed by atoms with Crippen molar-refractivity contribution in [2.45, 2.75) is 11.1 Å². The van der Waals surface area contributed by atoms with Crippen molar-refractivity contribution < 1.29 is 22.1 Å². The maximum atomic E-state index is 12.1. The minimum atomic E-state index is -4.39. The van der Waals surface area contributed by atoms with Gasteiger partial charge in [-0.15, -0.1) is 0 Å². The molecule has 2 aromatic rings. The van der Waals surface area contributed by atoms with Gasteiger partial charge < -0.3 is 4.74 Å². The molecule has 0 saturated heterocycles. The second-order valence-corrected chi connectivity index (χ2v) is 6.22. The van der Waals surface area contributed by atoms with Crippen molar-refractivity contribution in [2.24, 2.45) is 0 Å². The van der Waals surface area contributed by atoms with E-state index in [0.29, 0.717) is 16.2 Å². The van der Waals surface area contributed by atoms with Crippen molar-refractivity contribution in [2.75, 3.05) is 13.7 Å². The predicted octanol–water partition coefficient (Wildman–Crippen LogP) is 3.59. The van der Waals surface area contributed by atoms with Gasteiger partial charge in [0, 0.05) is 5.56 Å². The highest BCUT2D eigenvalue weighted by Gasteiger charge is 2.28. The number of ether oxygens (including phenoxy) is 1. The Morgan fingerprint density at radius 2 is 1.91 bits per heavy atom. The summed E-state index contributed by atoms with van der Waals surface area (Å²) in [5.41, 5.74) is 1.07. The average molecular weight is 365 g/mol. The standard InChI is InChI=1S/C14H12ClF3N2O2S/c1-19-23(21)11-6-12(20-13(15)7-11)9-2-4-10(5-3-9)22-8-14(16,17)18/h2-7,19H,8H2,1H3. The molecule has 1 atom stereocenters. The van der Waals surface area contributed by atoms with E-state index in [2.05, 4.69) is 14.4 Å². The number of aromatic nitrogens is 1. The molecule has 0 fully saturated rings. The number of hydrogen-bond donors (Lipinski definition) is 1. The summed E-state index contributed by atoms with van der Waals surface area (Å²) in [7, 11) is 0.112. The molecule has 1 unspecified atom stereocenters. The first kappa shape index (κ1) is 17.7. The SMILES string of the molecule is CNS(=O)c1cc(Cl)nc(-c2ccc(OCC(F)(F)F)cc2)c1. The number of nitrogens with zero attached hydrogens (tertiary/aromatic N) is 1. The van der Waals surface area contributed by atoms with E-state index in [0.717, 1.165) is 0 Å². The molecule has 124 valence electrons. The van der Waals surface area contributed by atoms with Crippen LogP contribution in [0.5, 0.6) is 5.75 Å². The Balaban J connectivity index is 2.22. The number of nitrogens with one attached hydrogen (secondary N) is 1. The summed E-state index contributed by atoms with van der Waals surface area (Å²) in [6.45, 7) is -1.35. The van der Waals surface area contributed by atoms with Crippen LogP contribution in [0.25, 0.3) is 11.3 Å². The van der Waals surface area contributed by atoms with Gasteiger partial charge in [-0.2, -0.15) is 13.2 Å². The molecule has 9 heteroatoms. The third-order valence-electron chi connectivity index (χ3n) is 2.72. The Kier molecular flexibility index (Phi) is 5.61. The second kappa shape index (κ2) is 7.29. The van der Waals surface area contributed by atoms with Gasteiger partial charge in [-0.3, -0.25) is 0 Å². The number of pyridine rings is 1. The van der Waals surface area contributed by atoms with E-state index in [1.54, 1.807) is 18.2 Å². The molecular formula is C14H12ClF3N2O2S. The maximum Gasteiger partial charge on any atom is 0.422 e. The smallest absolute Gasteiger partial charge is 0.422 e. The monoisotopic (exact) mass is 364 g/mol. The molecule has 0 aliphatic carbocycles. The molecule has 0 radical (unpaired) electrons. The van der Waals surface area contributed by atoms with Gasteiger partial charge in [-0.25, -0.2) is 13.9 Å². The van der Waals surface area contributed by atoms with Crippen LogP contribution in [-0.2, 0) is 11.0 Å². The van der Waals surface area contributed by atoms with E-state index in [9.17, 15) is 17.4 Å². The molecule has 0 spiro atoms. The molecule has 0 amide bonds. The van der Waals surface area contributed by atoms with Crippen molar-refractivity contribution in [1.29, 1.82) is 0 Å². The van der Waals surface area contributed by atoms with Gasteiger partial charge in [0.2, 0.25) is 0 Å². The molecule has 0 aliphatic heterocycles. The number of halogens is 4. The Labute approximate surface area is 138 Å². The first-order valence-corrected chi connectivity index (χ1v) is 7.88. The van der Waals surface area contributed by atoms with Gasteiger partial charge in [-0.1, -0.05) is 11.6 Å². The fourth-order valence-corrected chi connectivity index (χ4v) is 2.68. The highest BCUT2D eigenvalue weighted by atomic mass is 35.5. The Hall–Kier alpha value is -1.64. The lowest BCUT2D eigenvalue weighted by Crippen LogP contribution is -2.19. The summed E-state index contributed by atoms with van der Waals surface area (Å²) < 4.78 is 55.3. The van der Waals surface area contributed by atoms with Crippen molar-refractivity contribution in [3.8, 4) is 17.0 Å². The zero-order chi connectivity index (χ0) is 17.0. The first-order valence-electron chi connectivity index (χ1n) is 6.35. The maximum absolute atomic E-state index is 12.1. The average Bonchev–Trinajstić information content (AvgIpc) is 2.51. The number of alkyl halides is 3. The van der Waals surface area contributed by atoms with Crippen LogP contribution in [0.15, 0.2) is 41.3 Å². The lowest BCUT2D eigenvalue weighted by molar-refractivity contribution is -0.153. The fourth-order valence-electron chi connectivity index (χ4n) is 1.73. The van der Waals surface area contributed by atoms with Crippen LogP contribution in [0.1, 0.15) is 0 Å². The predicted molar refractivity (Wildman–Crippen MR) is 81.7 cm³/mol. The molecule has 0 bridgehead atoms. The van der Waals surface area contributed by atoms with Crippen molar-refractivity contribution >= 4 is 22.6 Å². The molecule has 23 heavy (non-hydrogen) atoms. The Morgan fingerprint density at radius 3 is 2.48 bits per heavy atom. The van der Waals surface area contributed by atoms with Crippen LogP contribution < -0.4 is 9.46 Å². The summed E-state index contributed by atoms with van der Waals surface area (Å²) in [6.07, 6.45) is -4.39. The molecule has 1 aromatic carbocycles. The minimum absolute atomic E-state index is 0.0899. The van der Waals surface area contributed by atoms with E-state index >= 15 is 0 Å². The second-order valence-electron chi connectivity index (χ2n) is 4.41. The van der Waals surface area contributed by atoms with Gasteiger partial charge in [0.25, 0.3) is 0 Å². The van der Waals surface area contributed by atoms with Gasteiger partial charge in [-0.05, 0) is 43.4 Å². The number of benzene rings is 1.